The molecule has 25 heavy (non-hydrogen) atoms. The predicted octanol–water partition coefficient (Wildman–Crippen LogP) is 3.09. The fraction of sp³-hybridized carbons (Fsp3) is 0.789. The summed E-state index contributed by atoms with van der Waals surface area (Å²) in [5.74, 6) is -0.655. The van der Waals surface area contributed by atoms with Gasteiger partial charge in [0.15, 0.2) is 0 Å². The molecule has 2 fully saturated rings. The van der Waals surface area contributed by atoms with E-state index >= 15 is 0 Å². The second-order valence-corrected chi connectivity index (χ2v) is 7.73. The lowest BCUT2D eigenvalue weighted by Crippen LogP contribution is -2.47. The van der Waals surface area contributed by atoms with Gasteiger partial charge in [-0.1, -0.05) is 12.8 Å². The number of carboxylic acids is 1. The van der Waals surface area contributed by atoms with Crippen molar-refractivity contribution in [2.75, 3.05) is 26.8 Å². The van der Waals surface area contributed by atoms with Crippen LogP contribution in [0.15, 0.2) is 12.5 Å². The highest BCUT2D eigenvalue weighted by Gasteiger charge is 2.42. The molecule has 6 heteroatoms. The molecular formula is C19H31N3O3. The third-order valence-electron chi connectivity index (χ3n) is 5.96. The van der Waals surface area contributed by atoms with Gasteiger partial charge in [-0.15, -0.1) is 0 Å². The number of methoxy groups -OCH3 is 1. The number of rotatable bonds is 8. The number of imidazole rings is 1. The molecule has 0 aromatic carbocycles. The van der Waals surface area contributed by atoms with Gasteiger partial charge in [0.05, 0.1) is 17.4 Å². The van der Waals surface area contributed by atoms with Gasteiger partial charge >= 0.3 is 5.97 Å². The van der Waals surface area contributed by atoms with Crippen LogP contribution in [-0.4, -0.2) is 52.3 Å². The summed E-state index contributed by atoms with van der Waals surface area (Å²) in [6.45, 7) is 3.02. The molecule has 1 aliphatic heterocycles. The minimum atomic E-state index is -0.655. The molecule has 0 amide bonds. The lowest BCUT2D eigenvalue weighted by atomic mass is 9.76. The van der Waals surface area contributed by atoms with Crippen LogP contribution in [0.5, 0.6) is 0 Å². The fourth-order valence-corrected chi connectivity index (χ4v) is 4.60. The Kier molecular flexibility index (Phi) is 6.12. The minimum Gasteiger partial charge on any atom is -0.481 e. The van der Waals surface area contributed by atoms with Crippen LogP contribution in [0.25, 0.3) is 0 Å². The van der Waals surface area contributed by atoms with E-state index in [0.29, 0.717) is 25.6 Å². The van der Waals surface area contributed by atoms with E-state index in [1.165, 1.54) is 31.4 Å². The Labute approximate surface area is 150 Å². The Bertz CT molecular complexity index is 568. The first-order valence-corrected chi connectivity index (χ1v) is 9.60. The molecule has 1 saturated heterocycles. The van der Waals surface area contributed by atoms with Crippen LogP contribution in [0, 0.1) is 5.41 Å². The van der Waals surface area contributed by atoms with Crippen LogP contribution in [-0.2, 0) is 16.1 Å². The molecule has 0 unspecified atom stereocenters. The summed E-state index contributed by atoms with van der Waals surface area (Å²) in [5, 5.41) is 9.87. The Hall–Kier alpha value is -1.40. The zero-order chi connectivity index (χ0) is 17.7. The maximum Gasteiger partial charge on any atom is 0.310 e. The van der Waals surface area contributed by atoms with Crippen molar-refractivity contribution in [2.45, 2.75) is 64.0 Å². The third-order valence-corrected chi connectivity index (χ3v) is 5.96. The van der Waals surface area contributed by atoms with Gasteiger partial charge < -0.3 is 14.4 Å². The number of aliphatic carboxylic acids is 1. The van der Waals surface area contributed by atoms with E-state index in [1.54, 1.807) is 7.11 Å². The highest BCUT2D eigenvalue weighted by molar-refractivity contribution is 5.75. The number of nitrogens with zero attached hydrogens (tertiary/aromatic N) is 3. The molecule has 0 bridgehead atoms. The number of carbonyl (C=O) groups is 1. The van der Waals surface area contributed by atoms with Crippen LogP contribution >= 0.6 is 0 Å². The zero-order valence-electron chi connectivity index (χ0n) is 15.3. The van der Waals surface area contributed by atoms with Crippen molar-refractivity contribution >= 4 is 5.97 Å². The standard InChI is InChI=1S/C19H31N3O3/c1-25-11-5-9-19(18(23)24)8-4-10-21(14-19)13-17-12-20-15-22(17)16-6-2-3-7-16/h12,15-16H,2-11,13-14H2,1H3,(H,23,24)/t19-/m1/s1. The number of carboxylic acid groups (broad SMARTS) is 1. The predicted molar refractivity (Wildman–Crippen MR) is 95.4 cm³/mol. The Morgan fingerprint density at radius 3 is 2.92 bits per heavy atom. The Balaban J connectivity index is 1.66. The monoisotopic (exact) mass is 349 g/mol. The molecule has 0 spiro atoms. The SMILES string of the molecule is COCCC[C@]1(C(=O)O)CCCN(Cc2cncn2C2CCCC2)C1. The van der Waals surface area contributed by atoms with Gasteiger partial charge in [0.2, 0.25) is 0 Å². The minimum absolute atomic E-state index is 0.577. The number of aromatic nitrogens is 2. The van der Waals surface area contributed by atoms with Crippen molar-refractivity contribution in [1.29, 1.82) is 0 Å². The smallest absolute Gasteiger partial charge is 0.310 e. The number of hydrogen-bond donors (Lipinski definition) is 1. The molecule has 1 aromatic rings. The topological polar surface area (TPSA) is 67.6 Å². The molecule has 2 heterocycles. The summed E-state index contributed by atoms with van der Waals surface area (Å²) in [4.78, 5) is 18.7. The quantitative estimate of drug-likeness (QED) is 0.731. The first-order chi connectivity index (χ1) is 12.1. The van der Waals surface area contributed by atoms with E-state index in [4.69, 9.17) is 4.74 Å². The van der Waals surface area contributed by atoms with Crippen LogP contribution in [0.1, 0.15) is 63.1 Å². The summed E-state index contributed by atoms with van der Waals surface area (Å²) < 4.78 is 7.45. The average Bonchev–Trinajstić information content (AvgIpc) is 3.26. The molecular weight excluding hydrogens is 318 g/mol. The Morgan fingerprint density at radius 1 is 1.40 bits per heavy atom. The molecule has 6 nitrogen and oxygen atoms in total. The van der Waals surface area contributed by atoms with E-state index < -0.39 is 11.4 Å². The molecule has 1 aliphatic carbocycles. The third kappa shape index (κ3) is 4.23. The second-order valence-electron chi connectivity index (χ2n) is 7.73. The Morgan fingerprint density at radius 2 is 2.20 bits per heavy atom. The number of likely N-dealkylation sites (tertiary alicyclic amines) is 1. The molecule has 1 saturated carbocycles. The van der Waals surface area contributed by atoms with Crippen molar-refractivity contribution < 1.29 is 14.6 Å². The van der Waals surface area contributed by atoms with Gasteiger partial charge in [-0.05, 0) is 45.1 Å². The van der Waals surface area contributed by atoms with Crippen LogP contribution in [0.2, 0.25) is 0 Å². The summed E-state index contributed by atoms with van der Waals surface area (Å²) in [6.07, 6.45) is 12.2. The molecule has 0 radical (unpaired) electrons. The first kappa shape index (κ1) is 18.4. The maximum absolute atomic E-state index is 12.0. The largest absolute Gasteiger partial charge is 0.481 e. The van der Waals surface area contributed by atoms with Crippen molar-refractivity contribution in [3.63, 3.8) is 0 Å². The van der Waals surface area contributed by atoms with Gasteiger partial charge in [-0.3, -0.25) is 9.69 Å². The molecule has 2 aliphatic rings. The second kappa shape index (κ2) is 8.32. The average molecular weight is 349 g/mol. The van der Waals surface area contributed by atoms with Gasteiger partial charge in [-0.2, -0.15) is 0 Å². The maximum atomic E-state index is 12.0. The molecule has 1 N–H and O–H groups in total. The molecule has 1 aromatic heterocycles. The van der Waals surface area contributed by atoms with Crippen molar-refractivity contribution in [2.24, 2.45) is 5.41 Å². The summed E-state index contributed by atoms with van der Waals surface area (Å²) in [7, 11) is 1.67. The van der Waals surface area contributed by atoms with E-state index in [-0.39, 0.29) is 0 Å². The fourth-order valence-electron chi connectivity index (χ4n) is 4.60. The first-order valence-electron chi connectivity index (χ1n) is 9.60. The number of piperidine rings is 1. The van der Waals surface area contributed by atoms with Crippen LogP contribution in [0.4, 0.5) is 0 Å². The van der Waals surface area contributed by atoms with Crippen molar-refractivity contribution in [1.82, 2.24) is 14.5 Å². The van der Waals surface area contributed by atoms with Crippen LogP contribution in [0.3, 0.4) is 0 Å². The summed E-state index contributed by atoms with van der Waals surface area (Å²) in [6, 6.07) is 0.577. The normalized spacial score (nSPS) is 25.5. The zero-order valence-corrected chi connectivity index (χ0v) is 15.3. The van der Waals surface area contributed by atoms with Crippen molar-refractivity contribution in [3.8, 4) is 0 Å². The lowest BCUT2D eigenvalue weighted by molar-refractivity contribution is -0.153. The summed E-state index contributed by atoms with van der Waals surface area (Å²) >= 11 is 0. The van der Waals surface area contributed by atoms with Gasteiger partial charge in [0.1, 0.15) is 0 Å². The molecule has 3 rings (SSSR count). The molecule has 1 atom stereocenters. The van der Waals surface area contributed by atoms with Gasteiger partial charge in [-0.25, -0.2) is 4.98 Å². The van der Waals surface area contributed by atoms with E-state index in [9.17, 15) is 9.90 Å². The van der Waals surface area contributed by atoms with Crippen molar-refractivity contribution in [3.05, 3.63) is 18.2 Å². The number of ether oxygens (including phenoxy) is 1. The highest BCUT2D eigenvalue weighted by atomic mass is 16.5. The van der Waals surface area contributed by atoms with E-state index in [2.05, 4.69) is 14.5 Å². The summed E-state index contributed by atoms with van der Waals surface area (Å²) in [5.41, 5.74) is 0.597. The van der Waals surface area contributed by atoms with Gasteiger partial charge in [0.25, 0.3) is 0 Å². The molecule has 140 valence electrons. The van der Waals surface area contributed by atoms with E-state index in [1.807, 2.05) is 12.5 Å². The number of hydrogen-bond acceptors (Lipinski definition) is 4. The highest BCUT2D eigenvalue weighted by Crippen LogP contribution is 2.36. The van der Waals surface area contributed by atoms with Gasteiger partial charge in [0, 0.05) is 39.0 Å². The van der Waals surface area contributed by atoms with Crippen LogP contribution < -0.4 is 0 Å². The lowest BCUT2D eigenvalue weighted by Gasteiger charge is -2.40. The van der Waals surface area contributed by atoms with E-state index in [0.717, 1.165) is 32.4 Å².